The summed E-state index contributed by atoms with van der Waals surface area (Å²) in [4.78, 5) is 24.8. The van der Waals surface area contributed by atoms with Crippen molar-refractivity contribution in [1.82, 2.24) is 4.90 Å². The summed E-state index contributed by atoms with van der Waals surface area (Å²) in [6.45, 7) is 4.92. The Hall–Kier alpha value is -2.04. The van der Waals surface area contributed by atoms with Crippen LogP contribution in [0.15, 0.2) is 24.3 Å². The van der Waals surface area contributed by atoms with E-state index in [1.807, 2.05) is 29.2 Å². The van der Waals surface area contributed by atoms with Crippen LogP contribution < -0.4 is 5.32 Å². The molecule has 1 fully saturated rings. The van der Waals surface area contributed by atoms with E-state index in [4.69, 9.17) is 5.11 Å². The predicted molar refractivity (Wildman–Crippen MR) is 81.4 cm³/mol. The van der Waals surface area contributed by atoms with Crippen LogP contribution in [-0.2, 0) is 11.2 Å². The van der Waals surface area contributed by atoms with Crippen LogP contribution in [-0.4, -0.2) is 34.1 Å². The van der Waals surface area contributed by atoms with Gasteiger partial charge in [0, 0.05) is 24.2 Å². The summed E-state index contributed by atoms with van der Waals surface area (Å²) in [6, 6.07) is 7.28. The first kappa shape index (κ1) is 15.4. The van der Waals surface area contributed by atoms with Crippen LogP contribution in [0.4, 0.5) is 10.5 Å². The number of carboxylic acid groups (broad SMARTS) is 1. The number of hydrogen-bond acceptors (Lipinski definition) is 2. The third-order valence-electron chi connectivity index (χ3n) is 3.95. The van der Waals surface area contributed by atoms with E-state index in [0.29, 0.717) is 12.1 Å². The second-order valence-corrected chi connectivity index (χ2v) is 6.09. The Labute approximate surface area is 125 Å². The minimum Gasteiger partial charge on any atom is -0.481 e. The van der Waals surface area contributed by atoms with Gasteiger partial charge in [-0.1, -0.05) is 12.1 Å². The van der Waals surface area contributed by atoms with Crippen molar-refractivity contribution in [3.05, 3.63) is 29.8 Å². The van der Waals surface area contributed by atoms with Gasteiger partial charge in [-0.15, -0.1) is 0 Å². The van der Waals surface area contributed by atoms with E-state index in [-0.39, 0.29) is 18.0 Å². The zero-order valence-electron chi connectivity index (χ0n) is 12.6. The second kappa shape index (κ2) is 6.16. The van der Waals surface area contributed by atoms with Crippen molar-refractivity contribution in [3.8, 4) is 0 Å². The van der Waals surface area contributed by atoms with Crippen LogP contribution in [0.5, 0.6) is 0 Å². The molecule has 2 amide bonds. The molecule has 0 saturated carbocycles. The van der Waals surface area contributed by atoms with Crippen molar-refractivity contribution in [2.75, 3.05) is 11.9 Å². The quantitative estimate of drug-likeness (QED) is 0.895. The van der Waals surface area contributed by atoms with Gasteiger partial charge in [0.25, 0.3) is 0 Å². The van der Waals surface area contributed by atoms with Gasteiger partial charge in [0.05, 0.1) is 0 Å². The Bertz CT molecular complexity index is 540. The molecular weight excluding hydrogens is 268 g/mol. The Morgan fingerprint density at radius 1 is 1.38 bits per heavy atom. The molecule has 0 unspecified atom stereocenters. The summed E-state index contributed by atoms with van der Waals surface area (Å²) in [5.74, 6) is -0.816. The fourth-order valence-electron chi connectivity index (χ4n) is 2.73. The highest BCUT2D eigenvalue weighted by Gasteiger charge is 2.35. The number of amides is 2. The van der Waals surface area contributed by atoms with Crippen LogP contribution in [0, 0.1) is 0 Å². The molecule has 21 heavy (non-hydrogen) atoms. The SMILES string of the molecule is CC1(C)CCCN1C(=O)Nc1cccc(CCC(=O)O)c1. The molecule has 114 valence electrons. The zero-order valence-corrected chi connectivity index (χ0v) is 12.6. The molecule has 1 aromatic carbocycles. The number of carbonyl (C=O) groups is 2. The average Bonchev–Trinajstić information content (AvgIpc) is 2.76. The first-order valence-corrected chi connectivity index (χ1v) is 7.28. The van der Waals surface area contributed by atoms with E-state index in [0.717, 1.165) is 24.9 Å². The van der Waals surface area contributed by atoms with E-state index in [1.165, 1.54) is 0 Å². The molecule has 1 heterocycles. The van der Waals surface area contributed by atoms with Crippen molar-refractivity contribution in [2.24, 2.45) is 0 Å². The topological polar surface area (TPSA) is 69.6 Å². The lowest BCUT2D eigenvalue weighted by Crippen LogP contribution is -2.44. The lowest BCUT2D eigenvalue weighted by Gasteiger charge is -2.31. The van der Waals surface area contributed by atoms with Gasteiger partial charge in [0.15, 0.2) is 0 Å². The summed E-state index contributed by atoms with van der Waals surface area (Å²) < 4.78 is 0. The van der Waals surface area contributed by atoms with Crippen LogP contribution in [0.2, 0.25) is 0 Å². The molecular formula is C16H22N2O3. The van der Waals surface area contributed by atoms with Crippen molar-refractivity contribution in [2.45, 2.75) is 45.1 Å². The number of aliphatic carboxylic acids is 1. The summed E-state index contributed by atoms with van der Waals surface area (Å²) >= 11 is 0. The van der Waals surface area contributed by atoms with Gasteiger partial charge in [-0.05, 0) is 50.8 Å². The smallest absolute Gasteiger partial charge is 0.322 e. The summed E-state index contributed by atoms with van der Waals surface area (Å²) in [5, 5.41) is 11.6. The average molecular weight is 290 g/mol. The van der Waals surface area contributed by atoms with Gasteiger partial charge in [-0.2, -0.15) is 0 Å². The lowest BCUT2D eigenvalue weighted by molar-refractivity contribution is -0.136. The summed E-state index contributed by atoms with van der Waals surface area (Å²) in [7, 11) is 0. The highest BCUT2D eigenvalue weighted by Crippen LogP contribution is 2.28. The van der Waals surface area contributed by atoms with E-state index in [1.54, 1.807) is 0 Å². The molecule has 1 saturated heterocycles. The third-order valence-corrected chi connectivity index (χ3v) is 3.95. The fourth-order valence-corrected chi connectivity index (χ4v) is 2.73. The highest BCUT2D eigenvalue weighted by molar-refractivity contribution is 5.90. The fraction of sp³-hybridized carbons (Fsp3) is 0.500. The molecule has 1 aliphatic heterocycles. The van der Waals surface area contributed by atoms with Crippen LogP contribution >= 0.6 is 0 Å². The van der Waals surface area contributed by atoms with E-state index in [2.05, 4.69) is 19.2 Å². The number of carboxylic acids is 1. The second-order valence-electron chi connectivity index (χ2n) is 6.09. The van der Waals surface area contributed by atoms with Crippen molar-refractivity contribution < 1.29 is 14.7 Å². The molecule has 1 aromatic rings. The lowest BCUT2D eigenvalue weighted by atomic mass is 10.0. The number of nitrogens with one attached hydrogen (secondary N) is 1. The summed E-state index contributed by atoms with van der Waals surface area (Å²) in [5.41, 5.74) is 1.52. The highest BCUT2D eigenvalue weighted by atomic mass is 16.4. The molecule has 0 bridgehead atoms. The maximum absolute atomic E-state index is 12.3. The number of aryl methyl sites for hydroxylation is 1. The maximum atomic E-state index is 12.3. The Morgan fingerprint density at radius 2 is 2.14 bits per heavy atom. The number of nitrogens with zero attached hydrogens (tertiary/aromatic N) is 1. The maximum Gasteiger partial charge on any atom is 0.322 e. The molecule has 2 rings (SSSR count). The van der Waals surface area contributed by atoms with E-state index < -0.39 is 5.97 Å². The van der Waals surface area contributed by atoms with Gasteiger partial charge in [-0.3, -0.25) is 4.79 Å². The number of anilines is 1. The first-order valence-electron chi connectivity index (χ1n) is 7.28. The predicted octanol–water partition coefficient (Wildman–Crippen LogP) is 3.11. The molecule has 2 N–H and O–H groups in total. The number of likely N-dealkylation sites (tertiary alicyclic amines) is 1. The molecule has 5 heteroatoms. The van der Waals surface area contributed by atoms with Gasteiger partial charge in [0.2, 0.25) is 0 Å². The Balaban J connectivity index is 2.01. The molecule has 1 aliphatic rings. The van der Waals surface area contributed by atoms with Gasteiger partial charge >= 0.3 is 12.0 Å². The van der Waals surface area contributed by atoms with Crippen LogP contribution in [0.25, 0.3) is 0 Å². The molecule has 0 aliphatic carbocycles. The molecule has 0 atom stereocenters. The minimum atomic E-state index is -0.816. The molecule has 5 nitrogen and oxygen atoms in total. The monoisotopic (exact) mass is 290 g/mol. The number of benzene rings is 1. The first-order chi connectivity index (χ1) is 9.88. The van der Waals surface area contributed by atoms with Crippen molar-refractivity contribution >= 4 is 17.7 Å². The van der Waals surface area contributed by atoms with Gasteiger partial charge in [-0.25, -0.2) is 4.79 Å². The number of urea groups is 1. The Morgan fingerprint density at radius 3 is 2.76 bits per heavy atom. The molecule has 0 spiro atoms. The van der Waals surface area contributed by atoms with Crippen LogP contribution in [0.1, 0.15) is 38.7 Å². The number of hydrogen-bond donors (Lipinski definition) is 2. The van der Waals surface area contributed by atoms with Crippen molar-refractivity contribution in [1.29, 1.82) is 0 Å². The molecule has 0 aromatic heterocycles. The zero-order chi connectivity index (χ0) is 15.5. The van der Waals surface area contributed by atoms with E-state index in [9.17, 15) is 9.59 Å². The van der Waals surface area contributed by atoms with Gasteiger partial charge < -0.3 is 15.3 Å². The molecule has 0 radical (unpaired) electrons. The van der Waals surface area contributed by atoms with Crippen LogP contribution in [0.3, 0.4) is 0 Å². The normalized spacial score (nSPS) is 16.8. The van der Waals surface area contributed by atoms with Crippen molar-refractivity contribution in [3.63, 3.8) is 0 Å². The summed E-state index contributed by atoms with van der Waals surface area (Å²) in [6.07, 6.45) is 2.60. The third kappa shape index (κ3) is 3.97. The largest absolute Gasteiger partial charge is 0.481 e. The standard InChI is InChI=1S/C16H22N2O3/c1-16(2)9-4-10-18(16)15(21)17-13-6-3-5-12(11-13)7-8-14(19)20/h3,5-6,11H,4,7-10H2,1-2H3,(H,17,21)(H,19,20). The Kier molecular flexibility index (Phi) is 4.50. The minimum absolute atomic E-state index is 0.0899. The van der Waals surface area contributed by atoms with Gasteiger partial charge in [0.1, 0.15) is 0 Å². The van der Waals surface area contributed by atoms with E-state index >= 15 is 0 Å². The number of carbonyl (C=O) groups excluding carboxylic acids is 1. The number of rotatable bonds is 4.